The van der Waals surface area contributed by atoms with Crippen LogP contribution in [0, 0.1) is 0 Å². The second kappa shape index (κ2) is 11.8. The molecular weight excluding hydrogens is 534 g/mol. The Balaban J connectivity index is 1.21. The van der Waals surface area contributed by atoms with Crippen molar-refractivity contribution in [3.05, 3.63) is 66.2 Å². The van der Waals surface area contributed by atoms with Crippen LogP contribution in [0.3, 0.4) is 0 Å². The van der Waals surface area contributed by atoms with Crippen molar-refractivity contribution in [3.8, 4) is 5.75 Å². The molecule has 0 aliphatic carbocycles. The molecule has 12 nitrogen and oxygen atoms in total. The van der Waals surface area contributed by atoms with Gasteiger partial charge in [0.15, 0.2) is 0 Å². The number of phenolic OH excluding ortho intramolecular Hbond substituents is 1. The molecule has 4 aromatic rings. The van der Waals surface area contributed by atoms with Gasteiger partial charge in [0, 0.05) is 55.0 Å². The summed E-state index contributed by atoms with van der Waals surface area (Å²) in [6.07, 6.45) is 1.89. The Hall–Kier alpha value is -4.52. The number of amides is 1. The number of phenols is 1. The maximum atomic E-state index is 12.9. The monoisotopic (exact) mass is 569 g/mol. The molecule has 8 N–H and O–H groups in total. The number of nitrogens with one attached hydrogen (secondary N) is 2. The molecule has 12 heteroatoms. The molecule has 0 spiro atoms. The Bertz CT molecular complexity index is 1570. The maximum Gasteiger partial charge on any atom is 0.259 e. The van der Waals surface area contributed by atoms with Crippen molar-refractivity contribution in [1.29, 1.82) is 0 Å². The van der Waals surface area contributed by atoms with E-state index in [2.05, 4.69) is 20.6 Å². The highest BCUT2D eigenvalue weighted by Crippen LogP contribution is 2.30. The highest BCUT2D eigenvalue weighted by atomic mass is 16.3. The topological polar surface area (TPSA) is 179 Å². The van der Waals surface area contributed by atoms with Crippen LogP contribution in [0.1, 0.15) is 29.6 Å². The second-order valence-electron chi connectivity index (χ2n) is 11.0. The van der Waals surface area contributed by atoms with Gasteiger partial charge in [0.2, 0.25) is 17.8 Å². The summed E-state index contributed by atoms with van der Waals surface area (Å²) in [5.41, 5.74) is 13.9. The smallest absolute Gasteiger partial charge is 0.259 e. The number of aromatic hydroxyl groups is 1. The van der Waals surface area contributed by atoms with Gasteiger partial charge >= 0.3 is 0 Å². The van der Waals surface area contributed by atoms with Gasteiger partial charge in [0.05, 0.1) is 11.7 Å². The third kappa shape index (κ3) is 6.05. The van der Waals surface area contributed by atoms with Gasteiger partial charge in [-0.2, -0.15) is 15.0 Å². The molecule has 218 valence electrons. The first-order valence-corrected chi connectivity index (χ1v) is 14.2. The number of piperidine rings is 2. The number of aliphatic hydroxyl groups is 1. The third-order valence-electron chi connectivity index (χ3n) is 7.63. The number of nitrogens with zero attached hydrogens (tertiary/aromatic N) is 5. The van der Waals surface area contributed by atoms with E-state index >= 15 is 0 Å². The largest absolute Gasteiger partial charge is 0.506 e. The zero-order valence-corrected chi connectivity index (χ0v) is 23.1. The van der Waals surface area contributed by atoms with Crippen molar-refractivity contribution in [2.24, 2.45) is 11.5 Å². The Kier molecular flexibility index (Phi) is 7.74. The average molecular weight is 570 g/mol. The number of benzene rings is 3. The fourth-order valence-corrected chi connectivity index (χ4v) is 5.57. The molecule has 0 bridgehead atoms. The van der Waals surface area contributed by atoms with Crippen molar-refractivity contribution in [3.63, 3.8) is 0 Å². The van der Waals surface area contributed by atoms with Gasteiger partial charge in [-0.25, -0.2) is 0 Å². The van der Waals surface area contributed by atoms with Crippen LogP contribution >= 0.6 is 0 Å². The quantitative estimate of drug-likeness (QED) is 0.201. The van der Waals surface area contributed by atoms with E-state index in [-0.39, 0.29) is 23.4 Å². The summed E-state index contributed by atoms with van der Waals surface area (Å²) >= 11 is 0. The van der Waals surface area contributed by atoms with E-state index in [1.807, 2.05) is 34.1 Å². The SMILES string of the molecule is N[C@@H]1C[C@H](N)CN(c2nc(Nc3ccc(NC(=O)c4ccc5ccccc5c4O)cc3)nc(N3CCC[C@@H](O)C3)n2)C1. The lowest BCUT2D eigenvalue weighted by Gasteiger charge is -2.35. The van der Waals surface area contributed by atoms with Crippen molar-refractivity contribution in [2.75, 3.05) is 46.6 Å². The van der Waals surface area contributed by atoms with E-state index in [1.165, 1.54) is 0 Å². The molecule has 42 heavy (non-hydrogen) atoms. The number of aromatic nitrogens is 3. The fourth-order valence-electron chi connectivity index (χ4n) is 5.57. The van der Waals surface area contributed by atoms with Crippen molar-refractivity contribution in [2.45, 2.75) is 37.5 Å². The molecule has 0 radical (unpaired) electrons. The van der Waals surface area contributed by atoms with Crippen molar-refractivity contribution < 1.29 is 15.0 Å². The molecule has 0 unspecified atom stereocenters. The first kappa shape index (κ1) is 27.6. The molecule has 2 aliphatic heterocycles. The number of carbonyl (C=O) groups is 1. The molecule has 3 atom stereocenters. The lowest BCUT2D eigenvalue weighted by atomic mass is 10.0. The molecule has 0 saturated carbocycles. The zero-order valence-electron chi connectivity index (χ0n) is 23.1. The molecule has 2 saturated heterocycles. The number of nitrogens with two attached hydrogens (primary N) is 2. The Labute approximate surface area is 243 Å². The number of hydrogen-bond donors (Lipinski definition) is 6. The number of anilines is 5. The number of fused-ring (bicyclic) bond motifs is 1. The van der Waals surface area contributed by atoms with E-state index in [4.69, 9.17) is 16.5 Å². The van der Waals surface area contributed by atoms with Gasteiger partial charge < -0.3 is 42.1 Å². The van der Waals surface area contributed by atoms with Gasteiger partial charge in [0.25, 0.3) is 5.91 Å². The number of hydrogen-bond acceptors (Lipinski definition) is 11. The average Bonchev–Trinajstić information content (AvgIpc) is 2.98. The summed E-state index contributed by atoms with van der Waals surface area (Å²) in [6, 6.07) is 17.7. The molecule has 2 aliphatic rings. The van der Waals surface area contributed by atoms with Crippen molar-refractivity contribution in [1.82, 2.24) is 15.0 Å². The zero-order chi connectivity index (χ0) is 29.2. The Morgan fingerprint density at radius 2 is 1.55 bits per heavy atom. The van der Waals surface area contributed by atoms with Crippen molar-refractivity contribution >= 4 is 45.9 Å². The van der Waals surface area contributed by atoms with Gasteiger partial charge in [-0.05, 0) is 55.0 Å². The summed E-state index contributed by atoms with van der Waals surface area (Å²) in [6.45, 7) is 2.35. The molecule has 6 rings (SSSR count). The molecule has 3 heterocycles. The normalized spacial score (nSPS) is 20.9. The molecular formula is C30H35N9O3. The molecule has 1 amide bonds. The lowest BCUT2D eigenvalue weighted by Crippen LogP contribution is -2.53. The first-order valence-electron chi connectivity index (χ1n) is 14.2. The van der Waals surface area contributed by atoms with Crippen LogP contribution in [-0.2, 0) is 0 Å². The third-order valence-corrected chi connectivity index (χ3v) is 7.63. The summed E-state index contributed by atoms with van der Waals surface area (Å²) in [5, 5.41) is 28.5. The van der Waals surface area contributed by atoms with Gasteiger partial charge in [-0.1, -0.05) is 30.3 Å². The molecule has 2 fully saturated rings. The van der Waals surface area contributed by atoms with Crippen LogP contribution in [0.15, 0.2) is 60.7 Å². The predicted octanol–water partition coefficient (Wildman–Crippen LogP) is 2.55. The van der Waals surface area contributed by atoms with Crippen LogP contribution in [0.2, 0.25) is 0 Å². The van der Waals surface area contributed by atoms with Crippen LogP contribution in [0.25, 0.3) is 10.8 Å². The van der Waals surface area contributed by atoms with E-state index < -0.39 is 12.0 Å². The highest BCUT2D eigenvalue weighted by molar-refractivity contribution is 6.09. The van der Waals surface area contributed by atoms with E-state index in [1.54, 1.807) is 36.4 Å². The van der Waals surface area contributed by atoms with E-state index in [9.17, 15) is 15.0 Å². The Morgan fingerprint density at radius 1 is 0.857 bits per heavy atom. The van der Waals surface area contributed by atoms with Crippen LogP contribution in [0.4, 0.5) is 29.2 Å². The van der Waals surface area contributed by atoms with Crippen LogP contribution in [-0.4, -0.2) is 75.4 Å². The van der Waals surface area contributed by atoms with Crippen LogP contribution < -0.4 is 31.9 Å². The van der Waals surface area contributed by atoms with Gasteiger partial charge in [-0.15, -0.1) is 0 Å². The minimum Gasteiger partial charge on any atom is -0.506 e. The summed E-state index contributed by atoms with van der Waals surface area (Å²) in [5.74, 6) is 0.843. The molecule has 1 aromatic heterocycles. The highest BCUT2D eigenvalue weighted by Gasteiger charge is 2.27. The number of rotatable bonds is 6. The molecule has 3 aromatic carbocycles. The minimum atomic E-state index is -0.438. The maximum absolute atomic E-state index is 12.9. The van der Waals surface area contributed by atoms with Crippen LogP contribution in [0.5, 0.6) is 5.75 Å². The fraction of sp³-hybridized carbons (Fsp3) is 0.333. The van der Waals surface area contributed by atoms with Gasteiger partial charge in [-0.3, -0.25) is 4.79 Å². The Morgan fingerprint density at radius 3 is 2.29 bits per heavy atom. The summed E-state index contributed by atoms with van der Waals surface area (Å²) in [4.78, 5) is 31.0. The van der Waals surface area contributed by atoms with E-state index in [0.717, 1.165) is 31.2 Å². The number of carbonyl (C=O) groups excluding carboxylic acids is 1. The first-order chi connectivity index (χ1) is 20.3. The summed E-state index contributed by atoms with van der Waals surface area (Å²) in [7, 11) is 0. The lowest BCUT2D eigenvalue weighted by molar-refractivity contribution is 0.102. The number of aliphatic hydroxyl groups excluding tert-OH is 1. The number of β-amino-alcohol motifs (C(OH)–C–C–N with tert-alkyl or cyclic N) is 1. The standard InChI is InChI=1S/C30H35N9O3/c31-19-14-20(32)16-39(15-19)30-36-28(35-29(37-30)38-13-3-5-23(40)17-38)34-22-10-8-21(9-11-22)33-27(42)25-12-7-18-4-1-2-6-24(18)26(25)41/h1-2,4,6-12,19-20,23,40-41H,3,5,13-17,31-32H2,(H,33,42)(H,34,35,36,37)/t19-,20+,23-/m1/s1. The predicted molar refractivity (Wildman–Crippen MR) is 163 cm³/mol. The minimum absolute atomic E-state index is 0.0535. The summed E-state index contributed by atoms with van der Waals surface area (Å²) < 4.78 is 0. The second-order valence-corrected chi connectivity index (χ2v) is 11.0. The van der Waals surface area contributed by atoms with E-state index in [0.29, 0.717) is 54.2 Å². The van der Waals surface area contributed by atoms with Gasteiger partial charge in [0.1, 0.15) is 5.75 Å².